The molecule has 0 heterocycles. The van der Waals surface area contributed by atoms with Crippen LogP contribution in [0.2, 0.25) is 0 Å². The molecule has 0 aliphatic carbocycles. The van der Waals surface area contributed by atoms with Crippen LogP contribution in [-0.2, 0) is 0 Å². The van der Waals surface area contributed by atoms with Gasteiger partial charge in [0.25, 0.3) is 0 Å². The van der Waals surface area contributed by atoms with E-state index in [2.05, 4.69) is 218 Å². The van der Waals surface area contributed by atoms with E-state index in [1.807, 2.05) is 0 Å². The lowest BCUT2D eigenvalue weighted by Crippen LogP contribution is -1.91. The summed E-state index contributed by atoms with van der Waals surface area (Å²) in [5.74, 6) is 0. The van der Waals surface area contributed by atoms with Gasteiger partial charge in [-0.05, 0) is 100 Å². The molecule has 0 N–H and O–H groups in total. The van der Waals surface area contributed by atoms with E-state index in [1.165, 1.54) is 88.3 Å². The smallest absolute Gasteiger partial charge is 0.00262 e. The van der Waals surface area contributed by atoms with E-state index < -0.39 is 0 Å². The molecular formula is C52H36. The molecule has 0 saturated carbocycles. The maximum atomic E-state index is 2.35. The molecule has 0 amide bonds. The lowest BCUT2D eigenvalue weighted by Gasteiger charge is -2.18. The fraction of sp³-hybridized carbons (Fsp3) is 0. The van der Waals surface area contributed by atoms with Crippen molar-refractivity contribution in [3.63, 3.8) is 0 Å². The highest BCUT2D eigenvalue weighted by Gasteiger charge is 2.17. The van der Waals surface area contributed by atoms with Gasteiger partial charge in [-0.15, -0.1) is 0 Å². The van der Waals surface area contributed by atoms with Gasteiger partial charge in [-0.25, -0.2) is 0 Å². The molecule has 0 unspecified atom stereocenters. The molecule has 244 valence electrons. The second-order valence-electron chi connectivity index (χ2n) is 13.3. The summed E-state index contributed by atoms with van der Waals surface area (Å²) < 4.78 is 0. The standard InChI is InChI=1S/C52H36/c1-4-15-38(16-5-1)39-31-33-40(34-32-39)44-21-14-22-45(36-44)52-48-25-12-10-23-46(48)51(47-24-11-13-26-49(47)52)43-29-27-37(28-30-43)35-50(41-17-6-2-7-18-41)42-19-8-3-9-20-42/h1-36H. The van der Waals surface area contributed by atoms with E-state index in [9.17, 15) is 0 Å². The van der Waals surface area contributed by atoms with Crippen molar-refractivity contribution in [1.29, 1.82) is 0 Å². The lowest BCUT2D eigenvalue weighted by atomic mass is 9.85. The number of fused-ring (bicyclic) bond motifs is 2. The van der Waals surface area contributed by atoms with Crippen LogP contribution in [0.5, 0.6) is 0 Å². The normalized spacial score (nSPS) is 11.1. The summed E-state index contributed by atoms with van der Waals surface area (Å²) in [6, 6.07) is 76.7. The van der Waals surface area contributed by atoms with Gasteiger partial charge in [0.1, 0.15) is 0 Å². The minimum absolute atomic E-state index is 1.17. The van der Waals surface area contributed by atoms with Crippen molar-refractivity contribution in [2.24, 2.45) is 0 Å². The highest BCUT2D eigenvalue weighted by molar-refractivity contribution is 6.21. The molecular weight excluding hydrogens is 625 g/mol. The molecule has 0 atom stereocenters. The van der Waals surface area contributed by atoms with E-state index >= 15 is 0 Å². The predicted molar refractivity (Wildman–Crippen MR) is 223 cm³/mol. The molecule has 52 heavy (non-hydrogen) atoms. The first-order valence-electron chi connectivity index (χ1n) is 17.9. The van der Waals surface area contributed by atoms with Gasteiger partial charge in [0.05, 0.1) is 0 Å². The van der Waals surface area contributed by atoms with Crippen molar-refractivity contribution in [3.8, 4) is 44.5 Å². The van der Waals surface area contributed by atoms with Crippen LogP contribution in [0.15, 0.2) is 212 Å². The largest absolute Gasteiger partial charge is 0.0622 e. The van der Waals surface area contributed by atoms with E-state index in [-0.39, 0.29) is 0 Å². The minimum atomic E-state index is 1.17. The van der Waals surface area contributed by atoms with Crippen LogP contribution in [0.3, 0.4) is 0 Å². The summed E-state index contributed by atoms with van der Waals surface area (Å²) in [6.07, 6.45) is 2.30. The Morgan fingerprint density at radius 2 is 0.635 bits per heavy atom. The third-order valence-corrected chi connectivity index (χ3v) is 10.1. The number of rotatable bonds is 7. The van der Waals surface area contributed by atoms with Crippen LogP contribution in [0.4, 0.5) is 0 Å². The topological polar surface area (TPSA) is 0 Å². The van der Waals surface area contributed by atoms with Crippen molar-refractivity contribution < 1.29 is 0 Å². The summed E-state index contributed by atoms with van der Waals surface area (Å²) in [6.45, 7) is 0. The Bertz CT molecular complexity index is 2570. The molecule has 0 fully saturated rings. The van der Waals surface area contributed by atoms with Gasteiger partial charge in [-0.3, -0.25) is 0 Å². The van der Waals surface area contributed by atoms with Crippen LogP contribution in [0, 0.1) is 0 Å². The Balaban J connectivity index is 1.14. The highest BCUT2D eigenvalue weighted by Crippen LogP contribution is 2.44. The summed E-state index contributed by atoms with van der Waals surface area (Å²) in [4.78, 5) is 0. The summed E-state index contributed by atoms with van der Waals surface area (Å²) in [7, 11) is 0. The van der Waals surface area contributed by atoms with Gasteiger partial charge >= 0.3 is 0 Å². The summed E-state index contributed by atoms with van der Waals surface area (Å²) in [5, 5.41) is 5.03. The van der Waals surface area contributed by atoms with Crippen molar-refractivity contribution in [1.82, 2.24) is 0 Å². The molecule has 0 aliphatic heterocycles. The minimum Gasteiger partial charge on any atom is -0.0622 e. The molecule has 0 radical (unpaired) electrons. The Labute approximate surface area is 305 Å². The third kappa shape index (κ3) is 6.02. The molecule has 0 saturated heterocycles. The SMILES string of the molecule is C(=C(c1ccccc1)c1ccccc1)c1ccc(-c2c3ccccc3c(-c3cccc(-c4ccc(-c5ccccc5)cc4)c3)c3ccccc23)cc1. The van der Waals surface area contributed by atoms with E-state index in [0.29, 0.717) is 0 Å². The summed E-state index contributed by atoms with van der Waals surface area (Å²) in [5.41, 5.74) is 14.7. The highest BCUT2D eigenvalue weighted by atomic mass is 14.2. The number of benzene rings is 9. The van der Waals surface area contributed by atoms with Crippen molar-refractivity contribution >= 4 is 33.2 Å². The van der Waals surface area contributed by atoms with Crippen molar-refractivity contribution in [3.05, 3.63) is 229 Å². The van der Waals surface area contributed by atoms with Crippen LogP contribution in [0.25, 0.3) is 77.7 Å². The average Bonchev–Trinajstić information content (AvgIpc) is 3.23. The Morgan fingerprint density at radius 3 is 1.15 bits per heavy atom. The first kappa shape index (κ1) is 31.2. The number of hydrogen-bond donors (Lipinski definition) is 0. The zero-order valence-electron chi connectivity index (χ0n) is 28.8. The molecule has 9 aromatic carbocycles. The number of hydrogen-bond acceptors (Lipinski definition) is 0. The molecule has 0 aromatic heterocycles. The molecule has 0 bridgehead atoms. The quantitative estimate of drug-likeness (QED) is 0.118. The Kier molecular flexibility index (Phi) is 8.33. The first-order valence-corrected chi connectivity index (χ1v) is 17.9. The third-order valence-electron chi connectivity index (χ3n) is 10.1. The Hall–Kier alpha value is -6.76. The summed E-state index contributed by atoms with van der Waals surface area (Å²) >= 11 is 0. The van der Waals surface area contributed by atoms with Crippen molar-refractivity contribution in [2.45, 2.75) is 0 Å². The zero-order valence-corrected chi connectivity index (χ0v) is 28.8. The first-order chi connectivity index (χ1) is 25.8. The van der Waals surface area contributed by atoms with Gasteiger partial charge in [-0.1, -0.05) is 206 Å². The monoisotopic (exact) mass is 660 g/mol. The van der Waals surface area contributed by atoms with Gasteiger partial charge in [0.15, 0.2) is 0 Å². The Morgan fingerprint density at radius 1 is 0.269 bits per heavy atom. The second kappa shape index (κ2) is 13.9. The second-order valence-corrected chi connectivity index (χ2v) is 13.3. The molecule has 0 aliphatic rings. The lowest BCUT2D eigenvalue weighted by molar-refractivity contribution is 1.55. The maximum absolute atomic E-state index is 2.35. The molecule has 0 heteroatoms. The molecule has 0 spiro atoms. The molecule has 9 aromatic rings. The predicted octanol–water partition coefficient (Wildman–Crippen LogP) is 14.2. The van der Waals surface area contributed by atoms with Gasteiger partial charge in [-0.2, -0.15) is 0 Å². The van der Waals surface area contributed by atoms with Crippen LogP contribution in [0.1, 0.15) is 16.7 Å². The van der Waals surface area contributed by atoms with E-state index in [4.69, 9.17) is 0 Å². The van der Waals surface area contributed by atoms with Crippen LogP contribution in [-0.4, -0.2) is 0 Å². The van der Waals surface area contributed by atoms with Gasteiger partial charge in [0.2, 0.25) is 0 Å². The van der Waals surface area contributed by atoms with Gasteiger partial charge in [0, 0.05) is 0 Å². The van der Waals surface area contributed by atoms with Crippen LogP contribution < -0.4 is 0 Å². The average molecular weight is 661 g/mol. The van der Waals surface area contributed by atoms with Crippen LogP contribution >= 0.6 is 0 Å². The van der Waals surface area contributed by atoms with E-state index in [1.54, 1.807) is 0 Å². The van der Waals surface area contributed by atoms with E-state index in [0.717, 1.165) is 0 Å². The molecule has 0 nitrogen and oxygen atoms in total. The fourth-order valence-corrected chi connectivity index (χ4v) is 7.57. The fourth-order valence-electron chi connectivity index (χ4n) is 7.57. The van der Waals surface area contributed by atoms with Gasteiger partial charge < -0.3 is 0 Å². The maximum Gasteiger partial charge on any atom is -0.00262 e. The molecule has 9 rings (SSSR count). The zero-order chi connectivity index (χ0) is 34.7. The van der Waals surface area contributed by atoms with Crippen molar-refractivity contribution in [2.75, 3.05) is 0 Å².